The van der Waals surface area contributed by atoms with Gasteiger partial charge in [0.2, 0.25) is 0 Å². The molecule has 0 aromatic heterocycles. The Morgan fingerprint density at radius 2 is 1.67 bits per heavy atom. The van der Waals surface area contributed by atoms with Crippen LogP contribution in [0.3, 0.4) is 0 Å². The Morgan fingerprint density at radius 1 is 0.967 bits per heavy atom. The number of nitrogens with one attached hydrogen (secondary N) is 2. The van der Waals surface area contributed by atoms with Crippen LogP contribution in [0.1, 0.15) is 23.6 Å². The molecule has 0 amide bonds. The quantitative estimate of drug-likeness (QED) is 0.518. The molecule has 1 saturated heterocycles. The number of halogens is 1. The lowest BCUT2D eigenvalue weighted by molar-refractivity contribution is 0.148. The molecule has 6 heteroatoms. The number of hydrogen-bond acceptors (Lipinski definition) is 3. The van der Waals surface area contributed by atoms with Crippen LogP contribution < -0.4 is 10.6 Å². The highest BCUT2D eigenvalue weighted by Crippen LogP contribution is 2.10. The van der Waals surface area contributed by atoms with Gasteiger partial charge in [0, 0.05) is 45.8 Å². The first-order chi connectivity index (χ1) is 14.6. The molecule has 0 bridgehead atoms. The van der Waals surface area contributed by atoms with Crippen molar-refractivity contribution >= 4 is 5.96 Å². The van der Waals surface area contributed by atoms with Crippen LogP contribution in [0.15, 0.2) is 53.5 Å². The van der Waals surface area contributed by atoms with Crippen molar-refractivity contribution in [2.45, 2.75) is 26.4 Å². The van der Waals surface area contributed by atoms with Crippen LogP contribution in [0, 0.1) is 5.82 Å². The van der Waals surface area contributed by atoms with Gasteiger partial charge in [-0.3, -0.25) is 4.90 Å². The first-order valence-corrected chi connectivity index (χ1v) is 10.9. The fourth-order valence-corrected chi connectivity index (χ4v) is 3.54. The number of nitrogens with zero attached hydrogens (tertiary/aromatic N) is 3. The summed E-state index contributed by atoms with van der Waals surface area (Å²) < 4.78 is 13.8. The van der Waals surface area contributed by atoms with E-state index in [1.54, 1.807) is 6.07 Å². The van der Waals surface area contributed by atoms with Gasteiger partial charge in [-0.25, -0.2) is 9.38 Å². The number of benzene rings is 2. The lowest BCUT2D eigenvalue weighted by atomic mass is 10.1. The van der Waals surface area contributed by atoms with E-state index in [-0.39, 0.29) is 5.82 Å². The molecule has 30 heavy (non-hydrogen) atoms. The second-order valence-corrected chi connectivity index (χ2v) is 7.86. The number of guanidine groups is 1. The van der Waals surface area contributed by atoms with Crippen LogP contribution in [-0.2, 0) is 19.5 Å². The van der Waals surface area contributed by atoms with Crippen molar-refractivity contribution in [2.24, 2.45) is 4.99 Å². The van der Waals surface area contributed by atoms with E-state index in [1.807, 2.05) is 19.1 Å². The van der Waals surface area contributed by atoms with E-state index in [0.717, 1.165) is 50.8 Å². The van der Waals surface area contributed by atoms with Gasteiger partial charge >= 0.3 is 0 Å². The van der Waals surface area contributed by atoms with Gasteiger partial charge in [-0.05, 0) is 43.1 Å². The Kier molecular flexibility index (Phi) is 8.66. The number of hydrogen-bond donors (Lipinski definition) is 2. The minimum Gasteiger partial charge on any atom is -0.357 e. The van der Waals surface area contributed by atoms with E-state index in [0.29, 0.717) is 19.5 Å². The Hall–Kier alpha value is -2.44. The predicted octanol–water partition coefficient (Wildman–Crippen LogP) is 2.87. The molecule has 162 valence electrons. The van der Waals surface area contributed by atoms with E-state index in [2.05, 4.69) is 56.7 Å². The van der Waals surface area contributed by atoms with Crippen molar-refractivity contribution in [3.8, 4) is 0 Å². The van der Waals surface area contributed by atoms with E-state index in [4.69, 9.17) is 0 Å². The summed E-state index contributed by atoms with van der Waals surface area (Å²) in [6, 6.07) is 15.7. The van der Waals surface area contributed by atoms with Crippen LogP contribution in [0.4, 0.5) is 4.39 Å². The van der Waals surface area contributed by atoms with E-state index >= 15 is 0 Å². The molecule has 0 atom stereocenters. The molecule has 1 aliphatic rings. The summed E-state index contributed by atoms with van der Waals surface area (Å²) in [6.07, 6.45) is 0.623. The molecule has 0 radical (unpaired) electrons. The monoisotopic (exact) mass is 411 g/mol. The maximum Gasteiger partial charge on any atom is 0.191 e. The molecular formula is C24H34FN5. The average Bonchev–Trinajstić information content (AvgIpc) is 2.76. The maximum absolute atomic E-state index is 13.8. The smallest absolute Gasteiger partial charge is 0.191 e. The zero-order valence-corrected chi connectivity index (χ0v) is 18.2. The second kappa shape index (κ2) is 11.7. The first kappa shape index (κ1) is 22.2. The number of piperazine rings is 1. The first-order valence-electron chi connectivity index (χ1n) is 10.9. The number of aliphatic imine (C=N–C) groups is 1. The van der Waals surface area contributed by atoms with Crippen molar-refractivity contribution in [2.75, 3.05) is 46.3 Å². The molecule has 3 rings (SSSR count). The minimum absolute atomic E-state index is 0.155. The van der Waals surface area contributed by atoms with E-state index in [9.17, 15) is 4.39 Å². The molecule has 1 aliphatic heterocycles. The van der Waals surface area contributed by atoms with Crippen LogP contribution in [-0.4, -0.2) is 62.1 Å². The summed E-state index contributed by atoms with van der Waals surface area (Å²) in [5, 5.41) is 6.55. The highest BCUT2D eigenvalue weighted by molar-refractivity contribution is 5.79. The summed E-state index contributed by atoms with van der Waals surface area (Å²) in [7, 11) is 2.18. The van der Waals surface area contributed by atoms with Crippen molar-refractivity contribution < 1.29 is 4.39 Å². The van der Waals surface area contributed by atoms with Gasteiger partial charge in [-0.15, -0.1) is 0 Å². The minimum atomic E-state index is -0.155. The molecule has 0 saturated carbocycles. The lowest BCUT2D eigenvalue weighted by Gasteiger charge is -2.32. The molecule has 2 N–H and O–H groups in total. The second-order valence-electron chi connectivity index (χ2n) is 7.86. The van der Waals surface area contributed by atoms with Gasteiger partial charge in [-0.1, -0.05) is 42.5 Å². The van der Waals surface area contributed by atoms with Gasteiger partial charge in [0.1, 0.15) is 5.82 Å². The van der Waals surface area contributed by atoms with Gasteiger partial charge in [0.15, 0.2) is 5.96 Å². The predicted molar refractivity (Wildman–Crippen MR) is 122 cm³/mol. The van der Waals surface area contributed by atoms with Gasteiger partial charge in [0.25, 0.3) is 0 Å². The van der Waals surface area contributed by atoms with Crippen molar-refractivity contribution in [1.29, 1.82) is 0 Å². The Bertz CT molecular complexity index is 797. The largest absolute Gasteiger partial charge is 0.357 e. The van der Waals surface area contributed by atoms with Crippen LogP contribution in [0.5, 0.6) is 0 Å². The number of likely N-dealkylation sites (N-methyl/N-ethyl adjacent to an activating group) is 1. The summed E-state index contributed by atoms with van der Waals surface area (Å²) in [6.45, 7) is 9.64. The third-order valence-corrected chi connectivity index (χ3v) is 5.43. The summed E-state index contributed by atoms with van der Waals surface area (Å²) in [5.41, 5.74) is 3.25. The zero-order valence-electron chi connectivity index (χ0n) is 18.2. The van der Waals surface area contributed by atoms with Gasteiger partial charge < -0.3 is 15.5 Å². The highest BCUT2D eigenvalue weighted by atomic mass is 19.1. The maximum atomic E-state index is 13.8. The van der Waals surface area contributed by atoms with Crippen LogP contribution >= 0.6 is 0 Å². The molecule has 0 spiro atoms. The number of rotatable bonds is 8. The summed E-state index contributed by atoms with van der Waals surface area (Å²) in [4.78, 5) is 9.56. The fraction of sp³-hybridized carbons (Fsp3) is 0.458. The van der Waals surface area contributed by atoms with Crippen LogP contribution in [0.25, 0.3) is 0 Å². The Balaban J connectivity index is 1.48. The average molecular weight is 412 g/mol. The molecular weight excluding hydrogens is 377 g/mol. The molecule has 0 aliphatic carbocycles. The Morgan fingerprint density at radius 3 is 2.37 bits per heavy atom. The van der Waals surface area contributed by atoms with E-state index in [1.165, 1.54) is 17.2 Å². The topological polar surface area (TPSA) is 42.9 Å². The van der Waals surface area contributed by atoms with Gasteiger partial charge in [-0.2, -0.15) is 0 Å². The van der Waals surface area contributed by atoms with Crippen molar-refractivity contribution in [3.05, 3.63) is 71.0 Å². The normalized spacial score (nSPS) is 15.9. The molecule has 1 fully saturated rings. The molecule has 2 aromatic carbocycles. The summed E-state index contributed by atoms with van der Waals surface area (Å²) in [5.74, 6) is 0.605. The Labute approximate surface area is 180 Å². The molecule has 0 unspecified atom stereocenters. The summed E-state index contributed by atoms with van der Waals surface area (Å²) >= 11 is 0. The third kappa shape index (κ3) is 7.11. The lowest BCUT2D eigenvalue weighted by Crippen LogP contribution is -2.43. The van der Waals surface area contributed by atoms with E-state index < -0.39 is 0 Å². The van der Waals surface area contributed by atoms with Crippen molar-refractivity contribution in [3.63, 3.8) is 0 Å². The highest BCUT2D eigenvalue weighted by Gasteiger charge is 2.13. The molecule has 1 heterocycles. The van der Waals surface area contributed by atoms with Crippen molar-refractivity contribution in [1.82, 2.24) is 20.4 Å². The van der Waals surface area contributed by atoms with Gasteiger partial charge in [0.05, 0.1) is 6.54 Å². The molecule has 2 aromatic rings. The SMILES string of the molecule is CCNC(=NCc1ccc(CN2CCN(C)CC2)cc1)NCCc1ccccc1F. The standard InChI is InChI=1S/C24H34FN5/c1-3-26-24(27-13-12-22-6-4-5-7-23(22)25)28-18-20-8-10-21(11-9-20)19-30-16-14-29(2)15-17-30/h4-11H,3,12-19H2,1-2H3,(H2,26,27,28). The third-order valence-electron chi connectivity index (χ3n) is 5.43. The van der Waals surface area contributed by atoms with Crippen LogP contribution in [0.2, 0.25) is 0 Å². The zero-order chi connectivity index (χ0) is 21.2. The molecule has 5 nitrogen and oxygen atoms in total. The fourth-order valence-electron chi connectivity index (χ4n) is 3.54.